The Hall–Kier alpha value is -1.39. The molecule has 1 heterocycles. The van der Waals surface area contributed by atoms with Crippen molar-refractivity contribution >= 4 is 10.0 Å². The second-order valence-electron chi connectivity index (χ2n) is 3.97. The summed E-state index contributed by atoms with van der Waals surface area (Å²) in [7, 11) is -3.49. The third kappa shape index (κ3) is 4.47. The Morgan fingerprint density at radius 3 is 2.83 bits per heavy atom. The Kier molecular flexibility index (Phi) is 5.82. The van der Waals surface area contributed by atoms with Gasteiger partial charge >= 0.3 is 0 Å². The van der Waals surface area contributed by atoms with Crippen LogP contribution < -0.4 is 4.72 Å². The molecule has 7 heteroatoms. The van der Waals surface area contributed by atoms with Crippen molar-refractivity contribution in [2.24, 2.45) is 0 Å². The maximum atomic E-state index is 11.6. The Bertz CT molecular complexity index is 476. The SMILES string of the molecule is CCC(C#N)S(=O)(=O)NCCCCn1ccnc1. The first-order valence-corrected chi connectivity index (χ1v) is 7.48. The van der Waals surface area contributed by atoms with E-state index in [1.165, 1.54) is 0 Å². The van der Waals surface area contributed by atoms with Crippen molar-refractivity contribution in [1.29, 1.82) is 5.26 Å². The van der Waals surface area contributed by atoms with Crippen LogP contribution in [0.2, 0.25) is 0 Å². The Morgan fingerprint density at radius 2 is 2.28 bits per heavy atom. The minimum Gasteiger partial charge on any atom is -0.337 e. The molecular weight excluding hydrogens is 252 g/mol. The molecule has 1 rings (SSSR count). The second kappa shape index (κ2) is 7.13. The molecule has 0 aliphatic carbocycles. The predicted molar refractivity (Wildman–Crippen MR) is 68.1 cm³/mol. The van der Waals surface area contributed by atoms with E-state index in [0.29, 0.717) is 13.0 Å². The van der Waals surface area contributed by atoms with Crippen LogP contribution in [-0.4, -0.2) is 29.8 Å². The number of hydrogen-bond acceptors (Lipinski definition) is 4. The van der Waals surface area contributed by atoms with Gasteiger partial charge in [-0.05, 0) is 19.3 Å². The summed E-state index contributed by atoms with van der Waals surface area (Å²) < 4.78 is 27.7. The van der Waals surface area contributed by atoms with E-state index in [4.69, 9.17) is 5.26 Å². The zero-order valence-corrected chi connectivity index (χ0v) is 11.2. The standard InChI is InChI=1S/C11H18N4O2S/c1-2-11(9-12)18(16,17)14-5-3-4-7-15-8-6-13-10-15/h6,8,10-11,14H,2-5,7H2,1H3. The minimum absolute atomic E-state index is 0.306. The zero-order chi connectivity index (χ0) is 13.4. The molecule has 0 spiro atoms. The summed E-state index contributed by atoms with van der Waals surface area (Å²) in [6.07, 6.45) is 7.21. The lowest BCUT2D eigenvalue weighted by molar-refractivity contribution is 0.559. The van der Waals surface area contributed by atoms with E-state index in [9.17, 15) is 8.42 Å². The first-order chi connectivity index (χ1) is 8.60. The summed E-state index contributed by atoms with van der Waals surface area (Å²) in [5.41, 5.74) is 0. The number of aromatic nitrogens is 2. The van der Waals surface area contributed by atoms with Crippen LogP contribution in [0.4, 0.5) is 0 Å². The van der Waals surface area contributed by atoms with Crippen LogP contribution in [0.1, 0.15) is 26.2 Å². The molecule has 1 N–H and O–H groups in total. The molecule has 0 radical (unpaired) electrons. The monoisotopic (exact) mass is 270 g/mol. The van der Waals surface area contributed by atoms with Gasteiger partial charge in [-0.15, -0.1) is 0 Å². The van der Waals surface area contributed by atoms with Gasteiger partial charge in [0.25, 0.3) is 0 Å². The summed E-state index contributed by atoms with van der Waals surface area (Å²) in [5.74, 6) is 0. The molecule has 6 nitrogen and oxygen atoms in total. The third-order valence-electron chi connectivity index (χ3n) is 2.59. The lowest BCUT2D eigenvalue weighted by Crippen LogP contribution is -2.33. The third-order valence-corrected chi connectivity index (χ3v) is 4.39. The number of rotatable bonds is 8. The predicted octanol–water partition coefficient (Wildman–Crippen LogP) is 0.885. The minimum atomic E-state index is -3.49. The number of nitriles is 1. The highest BCUT2D eigenvalue weighted by molar-refractivity contribution is 7.90. The Labute approximate surface area is 108 Å². The zero-order valence-electron chi connectivity index (χ0n) is 10.4. The van der Waals surface area contributed by atoms with Gasteiger partial charge in [0.15, 0.2) is 5.25 Å². The fourth-order valence-corrected chi connectivity index (χ4v) is 2.74. The molecule has 0 aliphatic rings. The van der Waals surface area contributed by atoms with Gasteiger partial charge in [-0.3, -0.25) is 0 Å². The number of hydrogen-bond donors (Lipinski definition) is 1. The van der Waals surface area contributed by atoms with Crippen LogP contribution in [0, 0.1) is 11.3 Å². The van der Waals surface area contributed by atoms with Gasteiger partial charge in [0.05, 0.1) is 12.4 Å². The van der Waals surface area contributed by atoms with E-state index in [0.717, 1.165) is 19.4 Å². The quantitative estimate of drug-likeness (QED) is 0.710. The molecule has 18 heavy (non-hydrogen) atoms. The van der Waals surface area contributed by atoms with Crippen molar-refractivity contribution in [3.05, 3.63) is 18.7 Å². The molecule has 0 aliphatic heterocycles. The fourth-order valence-electron chi connectivity index (χ4n) is 1.53. The number of imidazole rings is 1. The highest BCUT2D eigenvalue weighted by atomic mass is 32.2. The van der Waals surface area contributed by atoms with Crippen molar-refractivity contribution < 1.29 is 8.42 Å². The average molecular weight is 270 g/mol. The lowest BCUT2D eigenvalue weighted by atomic mass is 10.3. The molecule has 1 aromatic heterocycles. The number of nitrogens with zero attached hydrogens (tertiary/aromatic N) is 3. The summed E-state index contributed by atoms with van der Waals surface area (Å²) in [6.45, 7) is 2.87. The largest absolute Gasteiger partial charge is 0.337 e. The number of sulfonamides is 1. The number of nitrogens with one attached hydrogen (secondary N) is 1. The van der Waals surface area contributed by atoms with Crippen molar-refractivity contribution in [2.75, 3.05) is 6.54 Å². The van der Waals surface area contributed by atoms with Crippen molar-refractivity contribution in [3.63, 3.8) is 0 Å². The summed E-state index contributed by atoms with van der Waals surface area (Å²) in [4.78, 5) is 3.92. The summed E-state index contributed by atoms with van der Waals surface area (Å²) in [5, 5.41) is 7.76. The van der Waals surface area contributed by atoms with Gasteiger partial charge in [-0.25, -0.2) is 18.1 Å². The normalized spacial score (nSPS) is 13.1. The van der Waals surface area contributed by atoms with Gasteiger partial charge in [0.2, 0.25) is 10.0 Å². The molecular formula is C11H18N4O2S. The fraction of sp³-hybridized carbons (Fsp3) is 0.636. The molecule has 1 aromatic rings. The van der Waals surface area contributed by atoms with E-state index in [-0.39, 0.29) is 0 Å². The first kappa shape index (κ1) is 14.7. The van der Waals surface area contributed by atoms with E-state index < -0.39 is 15.3 Å². The van der Waals surface area contributed by atoms with Gasteiger partial charge < -0.3 is 4.57 Å². The van der Waals surface area contributed by atoms with Crippen LogP contribution in [0.5, 0.6) is 0 Å². The van der Waals surface area contributed by atoms with Crippen molar-refractivity contribution in [2.45, 2.75) is 38.0 Å². The molecule has 0 aromatic carbocycles. The highest BCUT2D eigenvalue weighted by Gasteiger charge is 2.22. The van der Waals surface area contributed by atoms with Crippen molar-refractivity contribution in [3.8, 4) is 6.07 Å². The molecule has 0 amide bonds. The number of aryl methyl sites for hydroxylation is 1. The average Bonchev–Trinajstić information content (AvgIpc) is 2.82. The molecule has 100 valence electrons. The van der Waals surface area contributed by atoms with E-state index >= 15 is 0 Å². The van der Waals surface area contributed by atoms with E-state index in [2.05, 4.69) is 9.71 Å². The smallest absolute Gasteiger partial charge is 0.227 e. The maximum Gasteiger partial charge on any atom is 0.227 e. The van der Waals surface area contributed by atoms with Gasteiger partial charge in [0, 0.05) is 25.5 Å². The van der Waals surface area contributed by atoms with Gasteiger partial charge in [-0.1, -0.05) is 6.92 Å². The Morgan fingerprint density at radius 1 is 1.50 bits per heavy atom. The van der Waals surface area contributed by atoms with Crippen LogP contribution >= 0.6 is 0 Å². The van der Waals surface area contributed by atoms with Gasteiger partial charge in [0.1, 0.15) is 0 Å². The topological polar surface area (TPSA) is 87.8 Å². The molecule has 0 fully saturated rings. The van der Waals surface area contributed by atoms with Crippen molar-refractivity contribution in [1.82, 2.24) is 14.3 Å². The van der Waals surface area contributed by atoms with Crippen LogP contribution in [0.25, 0.3) is 0 Å². The van der Waals surface area contributed by atoms with Gasteiger partial charge in [-0.2, -0.15) is 5.26 Å². The Balaban J connectivity index is 2.23. The lowest BCUT2D eigenvalue weighted by Gasteiger charge is -2.09. The van der Waals surface area contributed by atoms with Crippen LogP contribution in [0.15, 0.2) is 18.7 Å². The highest BCUT2D eigenvalue weighted by Crippen LogP contribution is 2.03. The first-order valence-electron chi connectivity index (χ1n) is 5.94. The molecule has 0 saturated heterocycles. The van der Waals surface area contributed by atoms with Crippen LogP contribution in [0.3, 0.4) is 0 Å². The van der Waals surface area contributed by atoms with E-state index in [1.807, 2.05) is 10.8 Å². The molecule has 1 unspecified atom stereocenters. The summed E-state index contributed by atoms with van der Waals surface area (Å²) in [6, 6.07) is 1.79. The summed E-state index contributed by atoms with van der Waals surface area (Å²) >= 11 is 0. The molecule has 1 atom stereocenters. The number of unbranched alkanes of at least 4 members (excludes halogenated alkanes) is 1. The second-order valence-corrected chi connectivity index (χ2v) is 5.92. The van der Waals surface area contributed by atoms with E-state index in [1.54, 1.807) is 25.5 Å². The van der Waals surface area contributed by atoms with Crippen LogP contribution in [-0.2, 0) is 16.6 Å². The molecule has 0 saturated carbocycles. The maximum absolute atomic E-state index is 11.6. The molecule has 0 bridgehead atoms.